The summed E-state index contributed by atoms with van der Waals surface area (Å²) in [5.41, 5.74) is 7.79. The van der Waals surface area contributed by atoms with E-state index >= 15 is 0 Å². The zero-order valence-electron chi connectivity index (χ0n) is 14.1. The lowest BCUT2D eigenvalue weighted by Crippen LogP contribution is -2.23. The molecule has 0 amide bonds. The fraction of sp³-hybridized carbons (Fsp3) is 0.278. The van der Waals surface area contributed by atoms with Gasteiger partial charge in [0.1, 0.15) is 11.6 Å². The Balaban J connectivity index is 0.00000312. The molecular formula is C18H23FIN3O2. The summed E-state index contributed by atoms with van der Waals surface area (Å²) in [6.45, 7) is 1.52. The largest absolute Gasteiger partial charge is 0.494 e. The van der Waals surface area contributed by atoms with Crippen molar-refractivity contribution < 1.29 is 13.9 Å². The molecule has 0 atom stereocenters. The smallest absolute Gasteiger partial charge is 0.193 e. The molecule has 2 aromatic rings. The van der Waals surface area contributed by atoms with Crippen molar-refractivity contribution in [2.45, 2.75) is 13.0 Å². The number of nitrogens with one attached hydrogen (secondary N) is 1. The van der Waals surface area contributed by atoms with Gasteiger partial charge in [0.05, 0.1) is 13.2 Å². The van der Waals surface area contributed by atoms with E-state index in [1.54, 1.807) is 19.2 Å². The highest BCUT2D eigenvalue weighted by Gasteiger charge is 2.02. The van der Waals surface area contributed by atoms with E-state index in [1.165, 1.54) is 12.1 Å². The topological polar surface area (TPSA) is 68.9 Å². The van der Waals surface area contributed by atoms with E-state index < -0.39 is 0 Å². The summed E-state index contributed by atoms with van der Waals surface area (Å²) in [4.78, 5) is 4.27. The molecule has 25 heavy (non-hydrogen) atoms. The number of guanidine groups is 1. The van der Waals surface area contributed by atoms with Gasteiger partial charge >= 0.3 is 0 Å². The number of aliphatic imine (C=N–C) groups is 1. The van der Waals surface area contributed by atoms with Crippen molar-refractivity contribution in [3.05, 3.63) is 59.9 Å². The van der Waals surface area contributed by atoms with Gasteiger partial charge in [-0.1, -0.05) is 18.2 Å². The third-order valence-corrected chi connectivity index (χ3v) is 3.25. The molecule has 3 N–H and O–H groups in total. The average molecular weight is 459 g/mol. The number of halogens is 2. The zero-order valence-corrected chi connectivity index (χ0v) is 16.4. The highest BCUT2D eigenvalue weighted by Crippen LogP contribution is 2.15. The van der Waals surface area contributed by atoms with Gasteiger partial charge in [-0.05, 0) is 30.3 Å². The molecule has 7 heteroatoms. The minimum atomic E-state index is -0.278. The fourth-order valence-corrected chi connectivity index (χ4v) is 2.09. The summed E-state index contributed by atoms with van der Waals surface area (Å²) in [7, 11) is 1.65. The molecule has 0 heterocycles. The van der Waals surface area contributed by atoms with Crippen molar-refractivity contribution in [1.82, 2.24) is 0 Å². The lowest BCUT2D eigenvalue weighted by Gasteiger charge is -2.11. The van der Waals surface area contributed by atoms with Crippen LogP contribution in [0.15, 0.2) is 53.5 Å². The summed E-state index contributed by atoms with van der Waals surface area (Å²) in [5.74, 6) is 0.708. The maximum absolute atomic E-state index is 12.8. The van der Waals surface area contributed by atoms with Crippen molar-refractivity contribution in [2.24, 2.45) is 10.7 Å². The molecule has 0 aliphatic heterocycles. The van der Waals surface area contributed by atoms with Gasteiger partial charge in [-0.25, -0.2) is 4.39 Å². The minimum Gasteiger partial charge on any atom is -0.494 e. The van der Waals surface area contributed by atoms with Gasteiger partial charge in [-0.3, -0.25) is 4.99 Å². The first kappa shape index (κ1) is 21.2. The van der Waals surface area contributed by atoms with E-state index in [1.807, 2.05) is 24.3 Å². The summed E-state index contributed by atoms with van der Waals surface area (Å²) in [6.07, 6.45) is 0.708. The van der Waals surface area contributed by atoms with E-state index in [0.29, 0.717) is 37.9 Å². The molecule has 0 unspecified atom stereocenters. The molecule has 0 spiro atoms. The highest BCUT2D eigenvalue weighted by atomic mass is 127. The third kappa shape index (κ3) is 7.70. The number of ether oxygens (including phenoxy) is 2. The van der Waals surface area contributed by atoms with Gasteiger partial charge in [0.2, 0.25) is 0 Å². The Morgan fingerprint density at radius 1 is 1.16 bits per heavy atom. The molecule has 5 nitrogen and oxygen atoms in total. The summed E-state index contributed by atoms with van der Waals surface area (Å²) < 4.78 is 23.4. The second-order valence-electron chi connectivity index (χ2n) is 5.14. The first-order valence-electron chi connectivity index (χ1n) is 7.71. The van der Waals surface area contributed by atoms with Gasteiger partial charge < -0.3 is 20.5 Å². The monoisotopic (exact) mass is 459 g/mol. The molecule has 0 aromatic heterocycles. The summed E-state index contributed by atoms with van der Waals surface area (Å²) >= 11 is 0. The Hall–Kier alpha value is -1.87. The maximum Gasteiger partial charge on any atom is 0.193 e. The molecule has 136 valence electrons. The molecule has 0 saturated heterocycles. The molecule has 0 aliphatic carbocycles. The van der Waals surface area contributed by atoms with Gasteiger partial charge in [-0.15, -0.1) is 24.0 Å². The quantitative estimate of drug-likeness (QED) is 0.273. The van der Waals surface area contributed by atoms with E-state index in [2.05, 4.69) is 10.3 Å². The number of benzene rings is 2. The van der Waals surface area contributed by atoms with Gasteiger partial charge in [-0.2, -0.15) is 0 Å². The number of hydrogen-bond donors (Lipinski definition) is 2. The molecule has 0 radical (unpaired) electrons. The Morgan fingerprint density at radius 3 is 2.60 bits per heavy atom. The molecule has 2 aromatic carbocycles. The Bertz CT molecular complexity index is 666. The number of nitrogens with zero attached hydrogens (tertiary/aromatic N) is 1. The van der Waals surface area contributed by atoms with Gasteiger partial charge in [0.25, 0.3) is 0 Å². The molecule has 0 fully saturated rings. The normalized spacial score (nSPS) is 10.9. The average Bonchev–Trinajstić information content (AvgIpc) is 2.58. The Labute approximate surface area is 164 Å². The lowest BCUT2D eigenvalue weighted by molar-refractivity contribution is 0.185. The molecule has 0 saturated carbocycles. The zero-order chi connectivity index (χ0) is 17.2. The number of nitrogens with two attached hydrogens (primary N) is 1. The van der Waals surface area contributed by atoms with Crippen LogP contribution >= 0.6 is 24.0 Å². The molecule has 2 rings (SSSR count). The van der Waals surface area contributed by atoms with Crippen LogP contribution in [0.1, 0.15) is 12.0 Å². The standard InChI is InChI=1S/C18H22FN3O2.HI/c1-23-13-14-5-2-3-6-17(14)22-18(20)21-11-4-12-24-16-9-7-15(19)8-10-16;/h2-3,5-10H,4,11-13H2,1H3,(H3,20,21,22);1H. The summed E-state index contributed by atoms with van der Waals surface area (Å²) in [6, 6.07) is 13.7. The van der Waals surface area contributed by atoms with Crippen LogP contribution in [-0.4, -0.2) is 26.2 Å². The predicted octanol–water partition coefficient (Wildman–Crippen LogP) is 3.79. The highest BCUT2D eigenvalue weighted by molar-refractivity contribution is 14.0. The summed E-state index contributed by atoms with van der Waals surface area (Å²) in [5, 5.41) is 3.08. The van der Waals surface area contributed by atoms with Crippen LogP contribution in [0, 0.1) is 5.82 Å². The Kier molecular flexibility index (Phi) is 9.86. The van der Waals surface area contributed by atoms with E-state index in [0.717, 1.165) is 11.3 Å². The predicted molar refractivity (Wildman–Crippen MR) is 109 cm³/mol. The number of methoxy groups -OCH3 is 1. The van der Waals surface area contributed by atoms with Crippen LogP contribution in [0.5, 0.6) is 5.75 Å². The van der Waals surface area contributed by atoms with Crippen LogP contribution < -0.4 is 15.8 Å². The number of hydrogen-bond acceptors (Lipinski definition) is 3. The number of para-hydroxylation sites is 1. The van der Waals surface area contributed by atoms with E-state index in [-0.39, 0.29) is 29.8 Å². The third-order valence-electron chi connectivity index (χ3n) is 3.25. The SMILES string of the molecule is COCc1ccccc1NC(N)=NCCCOc1ccc(F)cc1.I. The van der Waals surface area contributed by atoms with E-state index in [9.17, 15) is 4.39 Å². The van der Waals surface area contributed by atoms with Crippen LogP contribution in [-0.2, 0) is 11.3 Å². The van der Waals surface area contributed by atoms with Crippen molar-refractivity contribution in [2.75, 3.05) is 25.6 Å². The van der Waals surface area contributed by atoms with Crippen LogP contribution in [0.3, 0.4) is 0 Å². The maximum atomic E-state index is 12.8. The first-order chi connectivity index (χ1) is 11.7. The van der Waals surface area contributed by atoms with Crippen molar-refractivity contribution in [3.63, 3.8) is 0 Å². The Morgan fingerprint density at radius 2 is 1.88 bits per heavy atom. The molecular weight excluding hydrogens is 436 g/mol. The van der Waals surface area contributed by atoms with Crippen LogP contribution in [0.2, 0.25) is 0 Å². The van der Waals surface area contributed by atoms with Crippen LogP contribution in [0.4, 0.5) is 10.1 Å². The number of anilines is 1. The molecule has 0 aliphatic rings. The lowest BCUT2D eigenvalue weighted by atomic mass is 10.2. The van der Waals surface area contributed by atoms with Crippen LogP contribution in [0.25, 0.3) is 0 Å². The second kappa shape index (κ2) is 11.6. The van der Waals surface area contributed by atoms with E-state index in [4.69, 9.17) is 15.2 Å². The molecule has 0 bridgehead atoms. The fourth-order valence-electron chi connectivity index (χ4n) is 2.09. The van der Waals surface area contributed by atoms with Gasteiger partial charge in [0.15, 0.2) is 5.96 Å². The first-order valence-corrected chi connectivity index (χ1v) is 7.71. The van der Waals surface area contributed by atoms with Crippen molar-refractivity contribution in [1.29, 1.82) is 0 Å². The van der Waals surface area contributed by atoms with Crippen molar-refractivity contribution in [3.8, 4) is 5.75 Å². The minimum absolute atomic E-state index is 0. The van der Waals surface area contributed by atoms with Crippen molar-refractivity contribution >= 4 is 35.6 Å². The van der Waals surface area contributed by atoms with Gasteiger partial charge in [0, 0.05) is 31.3 Å². The number of rotatable bonds is 8. The second-order valence-corrected chi connectivity index (χ2v) is 5.14.